The SMILES string of the molecule is COCCN1C(=O)C(CC(=O)Nc2ccc([N+](=O)[O-])cc2OC)SC1=Nc1cc(C)cc(C)c1. The molecule has 180 valence electrons. The second kappa shape index (κ2) is 11.1. The number of aliphatic imine (C=N–C) groups is 1. The second-order valence-electron chi connectivity index (χ2n) is 7.72. The van der Waals surface area contributed by atoms with Crippen molar-refractivity contribution in [3.8, 4) is 5.75 Å². The molecule has 34 heavy (non-hydrogen) atoms. The van der Waals surface area contributed by atoms with E-state index in [0.717, 1.165) is 16.8 Å². The maximum atomic E-state index is 13.1. The maximum absolute atomic E-state index is 13.1. The number of amidine groups is 1. The Morgan fingerprint density at radius 2 is 1.91 bits per heavy atom. The Labute approximate surface area is 201 Å². The van der Waals surface area contributed by atoms with Crippen molar-refractivity contribution < 1.29 is 24.0 Å². The van der Waals surface area contributed by atoms with Gasteiger partial charge in [0.2, 0.25) is 11.8 Å². The van der Waals surface area contributed by atoms with Crippen LogP contribution in [0, 0.1) is 24.0 Å². The van der Waals surface area contributed by atoms with E-state index in [2.05, 4.69) is 10.3 Å². The summed E-state index contributed by atoms with van der Waals surface area (Å²) in [5.74, 6) is -0.486. The predicted octanol–water partition coefficient (Wildman–Crippen LogP) is 3.83. The Hall–Kier alpha value is -3.44. The lowest BCUT2D eigenvalue weighted by Gasteiger charge is -2.16. The fourth-order valence-corrected chi connectivity index (χ4v) is 4.69. The Balaban J connectivity index is 1.77. The molecule has 0 bridgehead atoms. The van der Waals surface area contributed by atoms with Gasteiger partial charge in [-0.2, -0.15) is 0 Å². The summed E-state index contributed by atoms with van der Waals surface area (Å²) in [5.41, 5.74) is 2.98. The summed E-state index contributed by atoms with van der Waals surface area (Å²) in [5, 5.41) is 13.5. The van der Waals surface area contributed by atoms with Crippen LogP contribution in [0.2, 0.25) is 0 Å². The first-order valence-electron chi connectivity index (χ1n) is 10.5. The summed E-state index contributed by atoms with van der Waals surface area (Å²) in [6.45, 7) is 4.61. The molecule has 1 fully saturated rings. The number of nitrogens with one attached hydrogen (secondary N) is 1. The number of benzene rings is 2. The van der Waals surface area contributed by atoms with Crippen molar-refractivity contribution in [2.24, 2.45) is 4.99 Å². The fourth-order valence-electron chi connectivity index (χ4n) is 3.51. The lowest BCUT2D eigenvalue weighted by molar-refractivity contribution is -0.384. The molecule has 1 aliphatic heterocycles. The fraction of sp³-hybridized carbons (Fsp3) is 0.348. The Morgan fingerprint density at radius 1 is 1.21 bits per heavy atom. The van der Waals surface area contributed by atoms with Crippen molar-refractivity contribution in [2.45, 2.75) is 25.5 Å². The number of non-ortho nitro benzene ring substituents is 1. The van der Waals surface area contributed by atoms with E-state index in [0.29, 0.717) is 18.3 Å². The monoisotopic (exact) mass is 486 g/mol. The number of aryl methyl sites for hydroxylation is 2. The Kier molecular flexibility index (Phi) is 8.24. The van der Waals surface area contributed by atoms with Crippen LogP contribution in [0.25, 0.3) is 0 Å². The number of rotatable bonds is 9. The highest BCUT2D eigenvalue weighted by molar-refractivity contribution is 8.15. The first-order chi connectivity index (χ1) is 16.2. The van der Waals surface area contributed by atoms with E-state index in [9.17, 15) is 19.7 Å². The quantitative estimate of drug-likeness (QED) is 0.422. The third-order valence-electron chi connectivity index (χ3n) is 5.01. The van der Waals surface area contributed by atoms with E-state index >= 15 is 0 Å². The molecule has 2 aromatic carbocycles. The minimum Gasteiger partial charge on any atom is -0.494 e. The number of carbonyl (C=O) groups excluding carboxylic acids is 2. The molecule has 0 saturated carbocycles. The molecule has 11 heteroatoms. The predicted molar refractivity (Wildman–Crippen MR) is 131 cm³/mol. The molecule has 10 nitrogen and oxygen atoms in total. The number of nitro benzene ring substituents is 1. The highest BCUT2D eigenvalue weighted by Gasteiger charge is 2.39. The molecule has 1 N–H and O–H groups in total. The Morgan fingerprint density at radius 3 is 2.53 bits per heavy atom. The van der Waals surface area contributed by atoms with E-state index < -0.39 is 16.1 Å². The van der Waals surface area contributed by atoms with E-state index in [4.69, 9.17) is 9.47 Å². The number of thioether (sulfide) groups is 1. The average Bonchev–Trinajstić information content (AvgIpc) is 3.05. The topological polar surface area (TPSA) is 123 Å². The summed E-state index contributed by atoms with van der Waals surface area (Å²) in [6, 6.07) is 9.80. The summed E-state index contributed by atoms with van der Waals surface area (Å²) >= 11 is 1.23. The molecule has 3 rings (SSSR count). The first-order valence-corrected chi connectivity index (χ1v) is 11.4. The molecule has 0 radical (unpaired) electrons. The summed E-state index contributed by atoms with van der Waals surface area (Å²) in [4.78, 5) is 42.4. The van der Waals surface area contributed by atoms with Crippen LogP contribution in [0.3, 0.4) is 0 Å². The van der Waals surface area contributed by atoms with Crippen molar-refractivity contribution in [1.29, 1.82) is 0 Å². The van der Waals surface area contributed by atoms with Crippen LogP contribution in [0.1, 0.15) is 17.5 Å². The van der Waals surface area contributed by atoms with Crippen LogP contribution >= 0.6 is 11.8 Å². The second-order valence-corrected chi connectivity index (χ2v) is 8.89. The molecule has 1 saturated heterocycles. The van der Waals surface area contributed by atoms with Gasteiger partial charge in [-0.3, -0.25) is 24.6 Å². The number of ether oxygens (including phenoxy) is 2. The minimum atomic E-state index is -0.662. The highest BCUT2D eigenvalue weighted by atomic mass is 32.2. The molecular formula is C23H26N4O6S. The average molecular weight is 487 g/mol. The molecule has 1 atom stereocenters. The van der Waals surface area contributed by atoms with Gasteiger partial charge in [0.1, 0.15) is 11.0 Å². The third-order valence-corrected chi connectivity index (χ3v) is 6.19. The number of hydrogen-bond acceptors (Lipinski definition) is 8. The lowest BCUT2D eigenvalue weighted by atomic mass is 10.1. The third kappa shape index (κ3) is 6.12. The van der Waals surface area contributed by atoms with E-state index in [1.807, 2.05) is 32.0 Å². The zero-order valence-electron chi connectivity index (χ0n) is 19.4. The number of nitrogens with zero attached hydrogens (tertiary/aromatic N) is 3. The maximum Gasteiger partial charge on any atom is 0.273 e. The van der Waals surface area contributed by atoms with Crippen molar-refractivity contribution in [1.82, 2.24) is 4.90 Å². The number of hydrogen-bond donors (Lipinski definition) is 1. The normalized spacial score (nSPS) is 16.7. The molecule has 1 unspecified atom stereocenters. The van der Waals surface area contributed by atoms with Crippen LogP contribution in [-0.2, 0) is 14.3 Å². The molecular weight excluding hydrogens is 460 g/mol. The van der Waals surface area contributed by atoms with Gasteiger partial charge in [-0.25, -0.2) is 4.99 Å². The standard InChI is InChI=1S/C23H26N4O6S/c1-14-9-15(2)11-16(10-14)24-23-26(7-8-32-3)22(29)20(34-23)13-21(28)25-18-6-5-17(27(30)31)12-19(18)33-4/h5-6,9-12,20H,7-8,13H2,1-4H3,(H,25,28). The number of methoxy groups -OCH3 is 2. The lowest BCUT2D eigenvalue weighted by Crippen LogP contribution is -2.35. The van der Waals surface area contributed by atoms with Crippen LogP contribution in [0.15, 0.2) is 41.4 Å². The minimum absolute atomic E-state index is 0.0982. The summed E-state index contributed by atoms with van der Waals surface area (Å²) in [7, 11) is 2.91. The Bertz CT molecular complexity index is 1120. The molecule has 0 spiro atoms. The van der Waals surface area contributed by atoms with Gasteiger partial charge in [-0.1, -0.05) is 17.8 Å². The van der Waals surface area contributed by atoms with Crippen molar-refractivity contribution in [3.63, 3.8) is 0 Å². The van der Waals surface area contributed by atoms with Gasteiger partial charge in [0, 0.05) is 19.6 Å². The number of anilines is 1. The van der Waals surface area contributed by atoms with Crippen molar-refractivity contribution in [3.05, 3.63) is 57.6 Å². The van der Waals surface area contributed by atoms with Gasteiger partial charge >= 0.3 is 0 Å². The summed E-state index contributed by atoms with van der Waals surface area (Å²) in [6.07, 6.45) is -0.0982. The van der Waals surface area contributed by atoms with Gasteiger partial charge in [0.05, 0.1) is 42.6 Å². The molecule has 1 aliphatic rings. The van der Waals surface area contributed by atoms with Gasteiger partial charge in [0.25, 0.3) is 5.69 Å². The van der Waals surface area contributed by atoms with Crippen LogP contribution in [-0.4, -0.2) is 59.4 Å². The molecule has 0 aromatic heterocycles. The zero-order valence-corrected chi connectivity index (χ0v) is 20.2. The van der Waals surface area contributed by atoms with Crippen LogP contribution in [0.5, 0.6) is 5.75 Å². The van der Waals surface area contributed by atoms with E-state index in [1.165, 1.54) is 42.0 Å². The van der Waals surface area contributed by atoms with Gasteiger partial charge in [-0.05, 0) is 43.2 Å². The number of amides is 2. The zero-order chi connectivity index (χ0) is 24.8. The van der Waals surface area contributed by atoms with Gasteiger partial charge in [-0.15, -0.1) is 0 Å². The van der Waals surface area contributed by atoms with E-state index in [-0.39, 0.29) is 29.5 Å². The molecule has 1 heterocycles. The largest absolute Gasteiger partial charge is 0.494 e. The number of carbonyl (C=O) groups is 2. The summed E-state index contributed by atoms with van der Waals surface area (Å²) < 4.78 is 10.3. The van der Waals surface area contributed by atoms with Crippen molar-refractivity contribution >= 4 is 45.8 Å². The first kappa shape index (κ1) is 25.2. The van der Waals surface area contributed by atoms with Crippen LogP contribution < -0.4 is 10.1 Å². The molecule has 2 aromatic rings. The molecule has 0 aliphatic carbocycles. The van der Waals surface area contributed by atoms with Gasteiger partial charge < -0.3 is 14.8 Å². The highest BCUT2D eigenvalue weighted by Crippen LogP contribution is 2.33. The van der Waals surface area contributed by atoms with Crippen molar-refractivity contribution in [2.75, 3.05) is 32.7 Å². The molecule has 2 amide bonds. The van der Waals surface area contributed by atoms with Gasteiger partial charge in [0.15, 0.2) is 5.17 Å². The number of nitro groups is 1. The van der Waals surface area contributed by atoms with Crippen LogP contribution in [0.4, 0.5) is 17.1 Å². The smallest absolute Gasteiger partial charge is 0.273 e. The van der Waals surface area contributed by atoms with E-state index in [1.54, 1.807) is 7.11 Å².